The molecule has 0 aliphatic carbocycles. The zero-order valence-corrected chi connectivity index (χ0v) is 9.32. The van der Waals surface area contributed by atoms with Gasteiger partial charge in [0.05, 0.1) is 0 Å². The van der Waals surface area contributed by atoms with E-state index < -0.39 is 0 Å². The molecule has 0 aromatic carbocycles. The summed E-state index contributed by atoms with van der Waals surface area (Å²) in [4.78, 5) is 2.16. The third-order valence-electron chi connectivity index (χ3n) is 1.14. The van der Waals surface area contributed by atoms with Gasteiger partial charge in [-0.1, -0.05) is 0 Å². The van der Waals surface area contributed by atoms with E-state index in [4.69, 9.17) is 4.74 Å². The first kappa shape index (κ1) is 14.1. The van der Waals surface area contributed by atoms with Crippen LogP contribution in [0, 0.1) is 6.10 Å². The van der Waals surface area contributed by atoms with Crippen molar-refractivity contribution in [1.29, 1.82) is 0 Å². The molecule has 0 aliphatic heterocycles. The molecule has 0 fully saturated rings. The van der Waals surface area contributed by atoms with E-state index >= 15 is 0 Å². The predicted octanol–water partition coefficient (Wildman–Crippen LogP) is 1.52. The van der Waals surface area contributed by atoms with Gasteiger partial charge in [-0.2, -0.15) is 13.8 Å². The van der Waals surface area contributed by atoms with Gasteiger partial charge in [0, 0.05) is 25.2 Å². The third kappa shape index (κ3) is 13.5. The molecule has 1 radical (unpaired) electrons. The monoisotopic (exact) mass is 195 g/mol. The second kappa shape index (κ2) is 8.60. The first-order chi connectivity index (χ1) is 4.63. The molecule has 0 bridgehead atoms. The SMILES string of the molecule is C[C-](C)OCCCN(C)C.[V]. The van der Waals surface area contributed by atoms with Crippen LogP contribution in [0.4, 0.5) is 0 Å². The summed E-state index contributed by atoms with van der Waals surface area (Å²) in [6, 6.07) is 0. The summed E-state index contributed by atoms with van der Waals surface area (Å²) in [6.45, 7) is 5.92. The van der Waals surface area contributed by atoms with Crippen LogP contribution >= 0.6 is 0 Å². The number of rotatable bonds is 5. The Bertz CT molecular complexity index is 66.5. The van der Waals surface area contributed by atoms with Gasteiger partial charge in [0.25, 0.3) is 0 Å². The van der Waals surface area contributed by atoms with Crippen molar-refractivity contribution in [2.75, 3.05) is 27.2 Å². The van der Waals surface area contributed by atoms with E-state index in [1.807, 2.05) is 13.8 Å². The first-order valence-corrected chi connectivity index (χ1v) is 3.70. The van der Waals surface area contributed by atoms with Gasteiger partial charge in [0.1, 0.15) is 0 Å². The minimum Gasteiger partial charge on any atom is -0.549 e. The average Bonchev–Trinajstić information content (AvgIpc) is 1.79. The number of ether oxygens (including phenoxy) is 1. The molecular weight excluding hydrogens is 177 g/mol. The van der Waals surface area contributed by atoms with E-state index in [1.54, 1.807) is 0 Å². The van der Waals surface area contributed by atoms with E-state index in [-0.39, 0.29) is 18.6 Å². The van der Waals surface area contributed by atoms with Crippen LogP contribution in [0.5, 0.6) is 0 Å². The molecule has 0 unspecified atom stereocenters. The Hall–Kier alpha value is 0.504. The van der Waals surface area contributed by atoms with E-state index in [0.717, 1.165) is 25.7 Å². The molecule has 0 saturated carbocycles. The van der Waals surface area contributed by atoms with E-state index in [1.165, 1.54) is 0 Å². The van der Waals surface area contributed by atoms with Crippen molar-refractivity contribution < 1.29 is 23.3 Å². The molecule has 0 N–H and O–H groups in total. The number of nitrogens with zero attached hydrogens (tertiary/aromatic N) is 1. The third-order valence-corrected chi connectivity index (χ3v) is 1.14. The molecule has 0 aromatic rings. The van der Waals surface area contributed by atoms with Gasteiger partial charge >= 0.3 is 0 Å². The van der Waals surface area contributed by atoms with Crippen molar-refractivity contribution in [2.24, 2.45) is 0 Å². The van der Waals surface area contributed by atoms with Crippen LogP contribution in [0.3, 0.4) is 0 Å². The molecule has 11 heavy (non-hydrogen) atoms. The molecule has 0 saturated heterocycles. The Morgan fingerprint density at radius 3 is 2.18 bits per heavy atom. The maximum atomic E-state index is 5.28. The van der Waals surface area contributed by atoms with Gasteiger partial charge in [-0.15, -0.1) is 0 Å². The summed E-state index contributed by atoms with van der Waals surface area (Å²) in [5.74, 6) is 0. The van der Waals surface area contributed by atoms with Crippen molar-refractivity contribution in [1.82, 2.24) is 4.90 Å². The number of hydrogen-bond acceptors (Lipinski definition) is 2. The van der Waals surface area contributed by atoms with E-state index in [0.29, 0.717) is 0 Å². The van der Waals surface area contributed by atoms with E-state index in [9.17, 15) is 0 Å². The summed E-state index contributed by atoms with van der Waals surface area (Å²) in [5, 5.41) is 0. The Balaban J connectivity index is 0. The van der Waals surface area contributed by atoms with Crippen LogP contribution in [-0.4, -0.2) is 32.1 Å². The van der Waals surface area contributed by atoms with Gasteiger partial charge < -0.3 is 9.64 Å². The zero-order chi connectivity index (χ0) is 7.98. The molecular formula is C8H18NOV-. The molecule has 0 spiro atoms. The van der Waals surface area contributed by atoms with Gasteiger partial charge in [-0.05, 0) is 27.1 Å². The molecule has 0 rings (SSSR count). The van der Waals surface area contributed by atoms with Gasteiger partial charge in [0.15, 0.2) is 0 Å². The normalized spacial score (nSPS) is 10.4. The first-order valence-electron chi connectivity index (χ1n) is 3.70. The molecule has 0 heterocycles. The molecule has 3 heteroatoms. The van der Waals surface area contributed by atoms with Gasteiger partial charge in [-0.25, -0.2) is 6.10 Å². The van der Waals surface area contributed by atoms with Gasteiger partial charge in [-0.3, -0.25) is 0 Å². The van der Waals surface area contributed by atoms with Crippen LogP contribution in [0.15, 0.2) is 0 Å². The van der Waals surface area contributed by atoms with Crippen molar-refractivity contribution in [3.05, 3.63) is 6.10 Å². The summed E-state index contributed by atoms with van der Waals surface area (Å²) in [5.41, 5.74) is 0. The summed E-state index contributed by atoms with van der Waals surface area (Å²) in [7, 11) is 4.14. The Morgan fingerprint density at radius 1 is 1.27 bits per heavy atom. The summed E-state index contributed by atoms with van der Waals surface area (Å²) >= 11 is 0. The van der Waals surface area contributed by atoms with E-state index in [2.05, 4.69) is 19.0 Å². The van der Waals surface area contributed by atoms with Gasteiger partial charge in [0.2, 0.25) is 0 Å². The maximum absolute atomic E-state index is 5.28. The zero-order valence-electron chi connectivity index (χ0n) is 7.92. The van der Waals surface area contributed by atoms with Crippen LogP contribution < -0.4 is 0 Å². The fourth-order valence-electron chi connectivity index (χ4n) is 0.657. The summed E-state index contributed by atoms with van der Waals surface area (Å²) in [6.07, 6.45) is 2.16. The molecule has 0 atom stereocenters. The maximum Gasteiger partial charge on any atom is 0.0126 e. The second-order valence-electron chi connectivity index (χ2n) is 2.91. The van der Waals surface area contributed by atoms with Crippen LogP contribution in [0.2, 0.25) is 0 Å². The smallest absolute Gasteiger partial charge is 0.0126 e. The Kier molecular flexibility index (Phi) is 11.0. The van der Waals surface area contributed by atoms with Crippen molar-refractivity contribution in [2.45, 2.75) is 20.3 Å². The van der Waals surface area contributed by atoms with Crippen molar-refractivity contribution in [3.8, 4) is 0 Å². The number of hydrogen-bond donors (Lipinski definition) is 0. The Labute approximate surface area is 82.2 Å². The fraction of sp³-hybridized carbons (Fsp3) is 0.875. The summed E-state index contributed by atoms with van der Waals surface area (Å²) < 4.78 is 5.28. The largest absolute Gasteiger partial charge is 0.549 e. The second-order valence-corrected chi connectivity index (χ2v) is 2.91. The minimum absolute atomic E-state index is 0. The fourth-order valence-corrected chi connectivity index (χ4v) is 0.657. The standard InChI is InChI=1S/C8H18NO.V/c1-8(2)10-7-5-6-9(3)4;/h5-7H2,1-4H3;/q-1;. The predicted molar refractivity (Wildman–Crippen MR) is 43.7 cm³/mol. The topological polar surface area (TPSA) is 12.5 Å². The van der Waals surface area contributed by atoms with Crippen LogP contribution in [0.25, 0.3) is 0 Å². The Morgan fingerprint density at radius 2 is 1.82 bits per heavy atom. The quantitative estimate of drug-likeness (QED) is 0.487. The molecule has 0 aromatic heterocycles. The van der Waals surface area contributed by atoms with Crippen molar-refractivity contribution >= 4 is 0 Å². The molecule has 0 amide bonds. The van der Waals surface area contributed by atoms with Crippen LogP contribution in [-0.2, 0) is 23.3 Å². The minimum atomic E-state index is 0. The van der Waals surface area contributed by atoms with Crippen LogP contribution in [0.1, 0.15) is 20.3 Å². The molecule has 2 nitrogen and oxygen atoms in total. The molecule has 67 valence electrons. The van der Waals surface area contributed by atoms with Crippen molar-refractivity contribution in [3.63, 3.8) is 0 Å². The average molecular weight is 195 g/mol. The molecule has 0 aliphatic rings.